The molecule has 0 bridgehead atoms. The van der Waals surface area contributed by atoms with Crippen LogP contribution in [0.25, 0.3) is 0 Å². The highest BCUT2D eigenvalue weighted by atomic mass is 16.4. The second-order valence-corrected chi connectivity index (χ2v) is 7.56. The van der Waals surface area contributed by atoms with E-state index in [1.165, 1.54) is 17.0 Å². The van der Waals surface area contributed by atoms with Crippen molar-refractivity contribution in [3.05, 3.63) is 29.8 Å². The van der Waals surface area contributed by atoms with Crippen LogP contribution in [0.2, 0.25) is 0 Å². The molecule has 1 heterocycles. The van der Waals surface area contributed by atoms with Crippen molar-refractivity contribution in [2.45, 2.75) is 56.3 Å². The van der Waals surface area contributed by atoms with E-state index in [4.69, 9.17) is 11.5 Å². The number of carboxylic acids is 1. The van der Waals surface area contributed by atoms with Crippen molar-refractivity contribution in [3.8, 4) is 5.75 Å². The maximum absolute atomic E-state index is 12.8. The average Bonchev–Trinajstić information content (AvgIpc) is 3.10. The third kappa shape index (κ3) is 6.41. The van der Waals surface area contributed by atoms with Gasteiger partial charge >= 0.3 is 5.97 Å². The number of rotatable bonds is 10. The third-order valence-corrected chi connectivity index (χ3v) is 5.14. The molecule has 0 unspecified atom stereocenters. The highest BCUT2D eigenvalue weighted by Gasteiger charge is 2.41. The number of amides is 2. The van der Waals surface area contributed by atoms with Crippen molar-refractivity contribution in [1.29, 1.82) is 0 Å². The summed E-state index contributed by atoms with van der Waals surface area (Å²) in [5.41, 5.74) is 12.0. The fourth-order valence-corrected chi connectivity index (χ4v) is 3.49. The molecule has 1 aliphatic rings. The maximum Gasteiger partial charge on any atom is 0.326 e. The standard InChI is InChI=1S/C20H30N4O6/c21-8-2-1-3-15(22)19(28)24-11-14(26)10-17(24)18(27)23-16(20(29)30)9-12-4-6-13(25)7-5-12/h4-7,14-17,25-26H,1-3,8-11,21-22H2,(H,23,27)(H,29,30)/t14-,15+,16+,17+/m1/s1. The number of carbonyl (C=O) groups excluding carboxylic acids is 2. The van der Waals surface area contributed by atoms with Crippen LogP contribution >= 0.6 is 0 Å². The van der Waals surface area contributed by atoms with E-state index in [1.807, 2.05) is 0 Å². The highest BCUT2D eigenvalue weighted by molar-refractivity contribution is 5.92. The van der Waals surface area contributed by atoms with E-state index in [9.17, 15) is 29.7 Å². The molecule has 0 radical (unpaired) electrons. The van der Waals surface area contributed by atoms with Crippen LogP contribution in [0.1, 0.15) is 31.2 Å². The maximum atomic E-state index is 12.8. The molecule has 0 saturated carbocycles. The topological polar surface area (TPSA) is 179 Å². The molecule has 1 saturated heterocycles. The molecule has 8 N–H and O–H groups in total. The number of aliphatic hydroxyl groups excluding tert-OH is 1. The van der Waals surface area contributed by atoms with Gasteiger partial charge in [0.15, 0.2) is 0 Å². The minimum absolute atomic E-state index is 0.00315. The Morgan fingerprint density at radius 3 is 2.47 bits per heavy atom. The van der Waals surface area contributed by atoms with Crippen molar-refractivity contribution in [2.75, 3.05) is 13.1 Å². The lowest BCUT2D eigenvalue weighted by Crippen LogP contribution is -2.54. The summed E-state index contributed by atoms with van der Waals surface area (Å²) < 4.78 is 0. The zero-order chi connectivity index (χ0) is 22.3. The van der Waals surface area contributed by atoms with Crippen LogP contribution in [0.3, 0.4) is 0 Å². The number of likely N-dealkylation sites (tertiary alicyclic amines) is 1. The average molecular weight is 422 g/mol. The highest BCUT2D eigenvalue weighted by Crippen LogP contribution is 2.20. The molecule has 4 atom stereocenters. The minimum atomic E-state index is -1.23. The van der Waals surface area contributed by atoms with Gasteiger partial charge in [0.25, 0.3) is 0 Å². The number of aromatic hydroxyl groups is 1. The first-order valence-corrected chi connectivity index (χ1v) is 9.98. The number of aliphatic hydroxyl groups is 1. The normalized spacial score (nSPS) is 20.6. The van der Waals surface area contributed by atoms with E-state index < -0.39 is 42.0 Å². The van der Waals surface area contributed by atoms with Gasteiger partial charge in [-0.1, -0.05) is 18.6 Å². The fourth-order valence-electron chi connectivity index (χ4n) is 3.49. The molecule has 1 aromatic rings. The number of carboxylic acid groups (broad SMARTS) is 1. The summed E-state index contributed by atoms with van der Waals surface area (Å²) in [7, 11) is 0. The van der Waals surface area contributed by atoms with E-state index in [0.29, 0.717) is 24.9 Å². The molecule has 0 aliphatic carbocycles. The lowest BCUT2D eigenvalue weighted by atomic mass is 10.0. The lowest BCUT2D eigenvalue weighted by molar-refractivity contribution is -0.144. The molecular formula is C20H30N4O6. The Kier molecular flexibility index (Phi) is 8.58. The van der Waals surface area contributed by atoms with E-state index in [0.717, 1.165) is 6.42 Å². The van der Waals surface area contributed by atoms with Gasteiger partial charge < -0.3 is 37.0 Å². The first kappa shape index (κ1) is 23.6. The molecule has 0 spiro atoms. The quantitative estimate of drug-likeness (QED) is 0.258. The summed E-state index contributed by atoms with van der Waals surface area (Å²) in [5.74, 6) is -2.28. The zero-order valence-corrected chi connectivity index (χ0v) is 16.7. The number of β-amino-alcohol motifs (C(OH)–C–C–N with tert-alkyl or cyclic N) is 1. The van der Waals surface area contributed by atoms with Gasteiger partial charge in [-0.2, -0.15) is 0 Å². The number of hydrogen-bond acceptors (Lipinski definition) is 7. The monoisotopic (exact) mass is 422 g/mol. The molecule has 30 heavy (non-hydrogen) atoms. The number of aliphatic carboxylic acids is 1. The molecule has 10 heteroatoms. The van der Waals surface area contributed by atoms with Crippen molar-refractivity contribution in [1.82, 2.24) is 10.2 Å². The van der Waals surface area contributed by atoms with Gasteiger partial charge in [0.05, 0.1) is 12.1 Å². The Labute approximate surface area is 174 Å². The van der Waals surface area contributed by atoms with Crippen molar-refractivity contribution in [3.63, 3.8) is 0 Å². The molecule has 10 nitrogen and oxygen atoms in total. The molecule has 166 valence electrons. The number of unbranched alkanes of at least 4 members (excludes halogenated alkanes) is 1. The van der Waals surface area contributed by atoms with Crippen molar-refractivity contribution in [2.24, 2.45) is 11.5 Å². The number of phenols is 1. The molecular weight excluding hydrogens is 392 g/mol. The van der Waals surface area contributed by atoms with Gasteiger partial charge in [-0.3, -0.25) is 9.59 Å². The SMILES string of the molecule is NCCCC[C@H](N)C(=O)N1C[C@H](O)C[C@H]1C(=O)N[C@@H](Cc1ccc(O)cc1)C(=O)O. The van der Waals surface area contributed by atoms with Crippen LogP contribution in [-0.2, 0) is 20.8 Å². The molecule has 2 rings (SSSR count). The van der Waals surface area contributed by atoms with Crippen LogP contribution < -0.4 is 16.8 Å². The first-order valence-electron chi connectivity index (χ1n) is 9.98. The molecule has 2 amide bonds. The molecule has 1 fully saturated rings. The zero-order valence-electron chi connectivity index (χ0n) is 16.7. The summed E-state index contributed by atoms with van der Waals surface area (Å²) in [6, 6.07) is 2.94. The van der Waals surface area contributed by atoms with Crippen LogP contribution in [0.15, 0.2) is 24.3 Å². The number of nitrogens with zero attached hydrogens (tertiary/aromatic N) is 1. The number of carbonyl (C=O) groups is 3. The summed E-state index contributed by atoms with van der Waals surface area (Å²) >= 11 is 0. The summed E-state index contributed by atoms with van der Waals surface area (Å²) in [5, 5.41) is 31.3. The third-order valence-electron chi connectivity index (χ3n) is 5.14. The predicted molar refractivity (Wildman–Crippen MR) is 108 cm³/mol. The Balaban J connectivity index is 2.04. The van der Waals surface area contributed by atoms with Gasteiger partial charge in [-0.25, -0.2) is 4.79 Å². The van der Waals surface area contributed by atoms with Crippen LogP contribution in [0.5, 0.6) is 5.75 Å². The van der Waals surface area contributed by atoms with Crippen molar-refractivity contribution >= 4 is 17.8 Å². The number of nitrogens with one attached hydrogen (secondary N) is 1. The van der Waals surface area contributed by atoms with E-state index in [-0.39, 0.29) is 25.1 Å². The van der Waals surface area contributed by atoms with E-state index in [2.05, 4.69) is 5.32 Å². The van der Waals surface area contributed by atoms with Gasteiger partial charge in [-0.05, 0) is 37.1 Å². The van der Waals surface area contributed by atoms with Crippen LogP contribution in [0.4, 0.5) is 0 Å². The summed E-state index contributed by atoms with van der Waals surface area (Å²) in [6.07, 6.45) is 0.939. The van der Waals surface area contributed by atoms with Crippen molar-refractivity contribution < 1.29 is 29.7 Å². The van der Waals surface area contributed by atoms with Gasteiger partial charge in [0, 0.05) is 19.4 Å². The van der Waals surface area contributed by atoms with Gasteiger partial charge in [-0.15, -0.1) is 0 Å². The van der Waals surface area contributed by atoms with Gasteiger partial charge in [0.2, 0.25) is 11.8 Å². The van der Waals surface area contributed by atoms with Crippen LogP contribution in [-0.4, -0.2) is 75.3 Å². The fraction of sp³-hybridized carbons (Fsp3) is 0.550. The number of benzene rings is 1. The smallest absolute Gasteiger partial charge is 0.326 e. The second-order valence-electron chi connectivity index (χ2n) is 7.56. The lowest BCUT2D eigenvalue weighted by Gasteiger charge is -2.27. The second kappa shape index (κ2) is 10.9. The Bertz CT molecular complexity index is 741. The minimum Gasteiger partial charge on any atom is -0.508 e. The van der Waals surface area contributed by atoms with E-state index >= 15 is 0 Å². The molecule has 0 aromatic heterocycles. The van der Waals surface area contributed by atoms with E-state index in [1.54, 1.807) is 12.1 Å². The molecule has 1 aromatic carbocycles. The summed E-state index contributed by atoms with van der Waals surface area (Å²) in [4.78, 5) is 38.3. The Morgan fingerprint density at radius 2 is 1.87 bits per heavy atom. The Morgan fingerprint density at radius 1 is 1.20 bits per heavy atom. The van der Waals surface area contributed by atoms with Crippen LogP contribution in [0, 0.1) is 0 Å². The largest absolute Gasteiger partial charge is 0.508 e. The summed E-state index contributed by atoms with van der Waals surface area (Å²) in [6.45, 7) is 0.461. The Hall–Kier alpha value is -2.69. The molecule has 1 aliphatic heterocycles. The van der Waals surface area contributed by atoms with Gasteiger partial charge in [0.1, 0.15) is 17.8 Å². The predicted octanol–water partition coefficient (Wildman–Crippen LogP) is -1.08. The number of nitrogens with two attached hydrogens (primary N) is 2. The first-order chi connectivity index (χ1) is 14.2. The number of phenolic OH excluding ortho intramolecular Hbond substituents is 1. The number of hydrogen-bond donors (Lipinski definition) is 6.